The van der Waals surface area contributed by atoms with E-state index in [1.54, 1.807) is 0 Å². The van der Waals surface area contributed by atoms with Gasteiger partial charge in [-0.2, -0.15) is 0 Å². The van der Waals surface area contributed by atoms with E-state index in [-0.39, 0.29) is 24.9 Å². The standard InChI is InChI=1S/C6H13N3O3/c7-6(8)11-4-1-9-3(2-10)5(4)12-6/h3-5,9-10H,1-2,7-8H2/t3-,4+,5-/m1/s1. The van der Waals surface area contributed by atoms with E-state index in [2.05, 4.69) is 5.32 Å². The molecule has 70 valence electrons. The monoisotopic (exact) mass is 175 g/mol. The Hall–Kier alpha value is -0.240. The Morgan fingerprint density at radius 3 is 2.92 bits per heavy atom. The lowest BCUT2D eigenvalue weighted by molar-refractivity contribution is -0.173. The lowest BCUT2D eigenvalue weighted by Gasteiger charge is -2.20. The van der Waals surface area contributed by atoms with Crippen LogP contribution >= 0.6 is 0 Å². The summed E-state index contributed by atoms with van der Waals surface area (Å²) < 4.78 is 10.4. The summed E-state index contributed by atoms with van der Waals surface area (Å²) in [5.74, 6) is 0. The number of nitrogens with one attached hydrogen (secondary N) is 1. The molecule has 0 unspecified atom stereocenters. The van der Waals surface area contributed by atoms with Crippen LogP contribution in [0.3, 0.4) is 0 Å². The topological polar surface area (TPSA) is 103 Å². The molecule has 2 aliphatic rings. The molecule has 2 heterocycles. The minimum Gasteiger partial charge on any atom is -0.395 e. The van der Waals surface area contributed by atoms with Crippen molar-refractivity contribution in [1.29, 1.82) is 0 Å². The van der Waals surface area contributed by atoms with Crippen LogP contribution < -0.4 is 16.8 Å². The van der Waals surface area contributed by atoms with Crippen LogP contribution in [-0.2, 0) is 9.47 Å². The van der Waals surface area contributed by atoms with Gasteiger partial charge in [0.1, 0.15) is 12.2 Å². The molecular formula is C6H13N3O3. The number of fused-ring (bicyclic) bond motifs is 1. The molecule has 6 heteroatoms. The van der Waals surface area contributed by atoms with Crippen LogP contribution in [0.25, 0.3) is 0 Å². The maximum absolute atomic E-state index is 8.90. The van der Waals surface area contributed by atoms with Crippen molar-refractivity contribution in [2.45, 2.75) is 24.3 Å². The molecule has 0 aromatic heterocycles. The Kier molecular flexibility index (Phi) is 1.83. The van der Waals surface area contributed by atoms with E-state index in [4.69, 9.17) is 26.0 Å². The van der Waals surface area contributed by atoms with Crippen molar-refractivity contribution in [3.63, 3.8) is 0 Å². The number of rotatable bonds is 1. The summed E-state index contributed by atoms with van der Waals surface area (Å²) in [5.41, 5.74) is 10.8. The molecule has 12 heavy (non-hydrogen) atoms. The Balaban J connectivity index is 2.06. The van der Waals surface area contributed by atoms with E-state index in [9.17, 15) is 0 Å². The molecule has 0 aromatic rings. The SMILES string of the molecule is NC1(N)O[C@H]2[C@H](CN[C@@H]2CO)O1. The molecular weight excluding hydrogens is 162 g/mol. The number of aliphatic hydroxyl groups is 1. The Bertz CT molecular complexity index is 187. The summed E-state index contributed by atoms with van der Waals surface area (Å²) in [6, 6.07) is -1.60. The van der Waals surface area contributed by atoms with Gasteiger partial charge in [-0.3, -0.25) is 11.5 Å². The highest BCUT2D eigenvalue weighted by molar-refractivity contribution is 4.96. The highest BCUT2D eigenvalue weighted by Crippen LogP contribution is 2.26. The molecule has 0 saturated carbocycles. The van der Waals surface area contributed by atoms with Gasteiger partial charge in [0, 0.05) is 6.54 Å². The molecule has 2 aliphatic heterocycles. The van der Waals surface area contributed by atoms with Crippen LogP contribution in [-0.4, -0.2) is 42.5 Å². The fraction of sp³-hybridized carbons (Fsp3) is 1.00. The molecule has 2 fully saturated rings. The van der Waals surface area contributed by atoms with Crippen molar-refractivity contribution in [1.82, 2.24) is 5.32 Å². The summed E-state index contributed by atoms with van der Waals surface area (Å²) in [6.07, 6.45) is -0.373. The van der Waals surface area contributed by atoms with Crippen molar-refractivity contribution >= 4 is 0 Å². The summed E-state index contributed by atoms with van der Waals surface area (Å²) >= 11 is 0. The van der Waals surface area contributed by atoms with Gasteiger partial charge in [0.05, 0.1) is 12.6 Å². The third-order valence-electron chi connectivity index (χ3n) is 2.20. The lowest BCUT2D eigenvalue weighted by Crippen LogP contribution is -2.53. The Labute approximate surface area is 69.8 Å². The van der Waals surface area contributed by atoms with Crippen molar-refractivity contribution in [2.75, 3.05) is 13.2 Å². The largest absolute Gasteiger partial charge is 0.395 e. The smallest absolute Gasteiger partial charge is 0.287 e. The van der Waals surface area contributed by atoms with Crippen LogP contribution in [0, 0.1) is 0 Å². The van der Waals surface area contributed by atoms with Crippen molar-refractivity contribution in [3.05, 3.63) is 0 Å². The first-order chi connectivity index (χ1) is 5.62. The second-order valence-corrected chi connectivity index (χ2v) is 3.16. The average Bonchev–Trinajstić information content (AvgIpc) is 2.42. The summed E-state index contributed by atoms with van der Waals surface area (Å²) in [4.78, 5) is 0. The maximum Gasteiger partial charge on any atom is 0.287 e. The summed E-state index contributed by atoms with van der Waals surface area (Å²) in [5, 5.41) is 11.9. The predicted molar refractivity (Wildman–Crippen MR) is 39.7 cm³/mol. The fourth-order valence-corrected chi connectivity index (χ4v) is 1.67. The first-order valence-corrected chi connectivity index (χ1v) is 3.90. The van der Waals surface area contributed by atoms with E-state index in [0.717, 1.165) is 0 Å². The summed E-state index contributed by atoms with van der Waals surface area (Å²) in [6.45, 7) is 0.618. The van der Waals surface area contributed by atoms with E-state index in [1.165, 1.54) is 0 Å². The number of ether oxygens (including phenoxy) is 2. The van der Waals surface area contributed by atoms with Gasteiger partial charge in [0.2, 0.25) is 0 Å². The van der Waals surface area contributed by atoms with Gasteiger partial charge in [-0.15, -0.1) is 0 Å². The molecule has 6 N–H and O–H groups in total. The van der Waals surface area contributed by atoms with Gasteiger partial charge in [-0.05, 0) is 0 Å². The number of aliphatic hydroxyl groups excluding tert-OH is 1. The van der Waals surface area contributed by atoms with E-state index >= 15 is 0 Å². The van der Waals surface area contributed by atoms with Crippen molar-refractivity contribution < 1.29 is 14.6 Å². The molecule has 0 aromatic carbocycles. The van der Waals surface area contributed by atoms with Crippen LogP contribution in [0.1, 0.15) is 0 Å². The van der Waals surface area contributed by atoms with E-state index < -0.39 is 6.03 Å². The van der Waals surface area contributed by atoms with Gasteiger partial charge in [0.25, 0.3) is 6.03 Å². The molecule has 2 saturated heterocycles. The molecule has 2 rings (SSSR count). The number of hydrogen-bond donors (Lipinski definition) is 4. The zero-order valence-corrected chi connectivity index (χ0v) is 6.56. The molecule has 3 atom stereocenters. The zero-order valence-electron chi connectivity index (χ0n) is 6.56. The number of hydrogen-bond acceptors (Lipinski definition) is 6. The van der Waals surface area contributed by atoms with E-state index in [0.29, 0.717) is 6.54 Å². The average molecular weight is 175 g/mol. The van der Waals surface area contributed by atoms with Gasteiger partial charge < -0.3 is 19.9 Å². The first-order valence-electron chi connectivity index (χ1n) is 3.90. The first kappa shape index (κ1) is 8.36. The third-order valence-corrected chi connectivity index (χ3v) is 2.20. The van der Waals surface area contributed by atoms with Crippen LogP contribution in [0.4, 0.5) is 0 Å². The maximum atomic E-state index is 8.90. The highest BCUT2D eigenvalue weighted by atomic mass is 16.8. The second kappa shape index (κ2) is 2.63. The Morgan fingerprint density at radius 1 is 1.50 bits per heavy atom. The van der Waals surface area contributed by atoms with Gasteiger partial charge in [0.15, 0.2) is 0 Å². The minimum absolute atomic E-state index is 0.000602. The minimum atomic E-state index is -1.48. The molecule has 0 amide bonds. The molecule has 0 aliphatic carbocycles. The van der Waals surface area contributed by atoms with Crippen LogP contribution in [0.15, 0.2) is 0 Å². The molecule has 0 bridgehead atoms. The molecule has 6 nitrogen and oxygen atoms in total. The van der Waals surface area contributed by atoms with E-state index in [1.807, 2.05) is 0 Å². The highest BCUT2D eigenvalue weighted by Gasteiger charge is 2.49. The summed E-state index contributed by atoms with van der Waals surface area (Å²) in [7, 11) is 0. The molecule has 0 spiro atoms. The van der Waals surface area contributed by atoms with Crippen LogP contribution in [0.5, 0.6) is 0 Å². The Morgan fingerprint density at radius 2 is 2.25 bits per heavy atom. The van der Waals surface area contributed by atoms with Crippen LogP contribution in [0.2, 0.25) is 0 Å². The van der Waals surface area contributed by atoms with Crippen molar-refractivity contribution in [3.8, 4) is 0 Å². The number of nitrogens with two attached hydrogens (primary N) is 2. The normalized spacial score (nSPS) is 44.8. The lowest BCUT2D eigenvalue weighted by atomic mass is 10.1. The fourth-order valence-electron chi connectivity index (χ4n) is 1.67. The third kappa shape index (κ3) is 1.22. The second-order valence-electron chi connectivity index (χ2n) is 3.16. The zero-order chi connectivity index (χ0) is 8.77. The molecule has 0 radical (unpaired) electrons. The van der Waals surface area contributed by atoms with Gasteiger partial charge in [-0.1, -0.05) is 0 Å². The van der Waals surface area contributed by atoms with Crippen molar-refractivity contribution in [2.24, 2.45) is 11.5 Å². The quantitative estimate of drug-likeness (QED) is 0.322. The predicted octanol–water partition coefficient (Wildman–Crippen LogP) is -2.74. The van der Waals surface area contributed by atoms with Gasteiger partial charge in [-0.25, -0.2) is 0 Å². The van der Waals surface area contributed by atoms with Gasteiger partial charge >= 0.3 is 0 Å².